The van der Waals surface area contributed by atoms with E-state index in [1.54, 1.807) is 19.9 Å². The number of esters is 1. The summed E-state index contributed by atoms with van der Waals surface area (Å²) in [6.45, 7) is 3.00. The SMILES string of the molecule is COC(=O)c1cc(C)cc([C@](C)(N)CO)c1O. The van der Waals surface area contributed by atoms with Crippen molar-refractivity contribution in [2.24, 2.45) is 5.73 Å². The van der Waals surface area contributed by atoms with Crippen molar-refractivity contribution in [1.29, 1.82) is 0 Å². The van der Waals surface area contributed by atoms with Crippen LogP contribution in [-0.2, 0) is 10.3 Å². The Morgan fingerprint density at radius 1 is 1.53 bits per heavy atom. The van der Waals surface area contributed by atoms with E-state index in [0.717, 1.165) is 5.56 Å². The summed E-state index contributed by atoms with van der Waals surface area (Å²) in [6.07, 6.45) is 0. The van der Waals surface area contributed by atoms with Crippen LogP contribution in [0.5, 0.6) is 5.75 Å². The number of ether oxygens (including phenoxy) is 1. The van der Waals surface area contributed by atoms with Gasteiger partial charge in [0.05, 0.1) is 19.3 Å². The number of aryl methyl sites for hydroxylation is 1. The highest BCUT2D eigenvalue weighted by Gasteiger charge is 2.27. The molecule has 1 atom stereocenters. The molecule has 0 unspecified atom stereocenters. The van der Waals surface area contributed by atoms with Gasteiger partial charge in [0.15, 0.2) is 0 Å². The number of carbonyl (C=O) groups excluding carboxylic acids is 1. The largest absolute Gasteiger partial charge is 0.507 e. The van der Waals surface area contributed by atoms with E-state index in [-0.39, 0.29) is 17.9 Å². The fourth-order valence-electron chi connectivity index (χ4n) is 1.56. The minimum atomic E-state index is -1.11. The average Bonchev–Trinajstić information content (AvgIpc) is 2.30. The molecule has 0 amide bonds. The number of methoxy groups -OCH3 is 1. The molecule has 0 spiro atoms. The third-order valence-corrected chi connectivity index (χ3v) is 2.60. The summed E-state index contributed by atoms with van der Waals surface area (Å²) in [5.74, 6) is -0.886. The standard InChI is InChI=1S/C12H17NO4/c1-7-4-8(11(16)17-3)10(15)9(5-7)12(2,13)6-14/h4-5,14-15H,6,13H2,1-3H3/t12-/m1/s1. The highest BCUT2D eigenvalue weighted by atomic mass is 16.5. The summed E-state index contributed by atoms with van der Waals surface area (Å²) in [5.41, 5.74) is 5.86. The molecule has 0 aromatic heterocycles. The molecule has 5 nitrogen and oxygen atoms in total. The van der Waals surface area contributed by atoms with Gasteiger partial charge in [-0.2, -0.15) is 0 Å². The lowest BCUT2D eigenvalue weighted by atomic mass is 9.90. The number of rotatable bonds is 3. The number of phenols is 1. The maximum atomic E-state index is 11.5. The van der Waals surface area contributed by atoms with E-state index in [9.17, 15) is 15.0 Å². The normalized spacial score (nSPS) is 14.2. The van der Waals surface area contributed by atoms with Crippen LogP contribution in [0.2, 0.25) is 0 Å². The predicted octanol–water partition coefficient (Wildman–Crippen LogP) is 0.653. The molecule has 17 heavy (non-hydrogen) atoms. The Hall–Kier alpha value is -1.59. The molecule has 0 saturated heterocycles. The van der Waals surface area contributed by atoms with Crippen LogP contribution in [0.4, 0.5) is 0 Å². The fourth-order valence-corrected chi connectivity index (χ4v) is 1.56. The van der Waals surface area contributed by atoms with E-state index in [1.807, 2.05) is 0 Å². The molecular weight excluding hydrogens is 222 g/mol. The van der Waals surface area contributed by atoms with Crippen LogP contribution in [0.3, 0.4) is 0 Å². The second-order valence-corrected chi connectivity index (χ2v) is 4.28. The zero-order valence-corrected chi connectivity index (χ0v) is 10.2. The first-order valence-corrected chi connectivity index (χ1v) is 5.15. The van der Waals surface area contributed by atoms with Crippen molar-refractivity contribution < 1.29 is 19.7 Å². The summed E-state index contributed by atoms with van der Waals surface area (Å²) in [6, 6.07) is 3.15. The first kappa shape index (κ1) is 13.5. The van der Waals surface area contributed by atoms with Gasteiger partial charge in [0.1, 0.15) is 11.3 Å². The lowest BCUT2D eigenvalue weighted by Gasteiger charge is -2.24. The number of aliphatic hydroxyl groups is 1. The fraction of sp³-hybridized carbons (Fsp3) is 0.417. The molecule has 0 aliphatic heterocycles. The number of hydrogen-bond acceptors (Lipinski definition) is 5. The Kier molecular flexibility index (Phi) is 3.75. The second kappa shape index (κ2) is 4.73. The third-order valence-electron chi connectivity index (χ3n) is 2.60. The lowest BCUT2D eigenvalue weighted by molar-refractivity contribution is 0.0596. The van der Waals surface area contributed by atoms with E-state index >= 15 is 0 Å². The van der Waals surface area contributed by atoms with Crippen molar-refractivity contribution in [3.8, 4) is 5.75 Å². The Morgan fingerprint density at radius 2 is 2.12 bits per heavy atom. The van der Waals surface area contributed by atoms with Crippen LogP contribution < -0.4 is 5.73 Å². The number of carbonyl (C=O) groups is 1. The average molecular weight is 239 g/mol. The van der Waals surface area contributed by atoms with Crippen molar-refractivity contribution in [2.75, 3.05) is 13.7 Å². The van der Waals surface area contributed by atoms with Gasteiger partial charge in [-0.1, -0.05) is 6.07 Å². The molecule has 0 aliphatic carbocycles. The first-order valence-electron chi connectivity index (χ1n) is 5.15. The first-order chi connectivity index (χ1) is 7.83. The number of hydrogen-bond donors (Lipinski definition) is 3. The van der Waals surface area contributed by atoms with Crippen LogP contribution in [0.25, 0.3) is 0 Å². The van der Waals surface area contributed by atoms with E-state index in [2.05, 4.69) is 4.74 Å². The molecule has 0 radical (unpaired) electrons. The Bertz CT molecular complexity index is 440. The molecule has 0 bridgehead atoms. The predicted molar refractivity (Wildman–Crippen MR) is 62.8 cm³/mol. The van der Waals surface area contributed by atoms with Gasteiger partial charge in [-0.25, -0.2) is 4.79 Å². The van der Waals surface area contributed by atoms with Gasteiger partial charge < -0.3 is 20.7 Å². The monoisotopic (exact) mass is 239 g/mol. The Morgan fingerprint density at radius 3 is 2.59 bits per heavy atom. The van der Waals surface area contributed by atoms with Crippen LogP contribution in [-0.4, -0.2) is 29.9 Å². The summed E-state index contributed by atoms with van der Waals surface area (Å²) in [5, 5.41) is 19.2. The van der Waals surface area contributed by atoms with E-state index in [0.29, 0.717) is 5.56 Å². The van der Waals surface area contributed by atoms with Crippen LogP contribution in [0.1, 0.15) is 28.4 Å². The van der Waals surface area contributed by atoms with Gasteiger partial charge in [0.2, 0.25) is 0 Å². The summed E-state index contributed by atoms with van der Waals surface area (Å²) in [4.78, 5) is 11.5. The highest BCUT2D eigenvalue weighted by Crippen LogP contribution is 2.32. The van der Waals surface area contributed by atoms with Gasteiger partial charge in [0.25, 0.3) is 0 Å². The van der Waals surface area contributed by atoms with Crippen molar-refractivity contribution >= 4 is 5.97 Å². The minimum absolute atomic E-state index is 0.0487. The van der Waals surface area contributed by atoms with Gasteiger partial charge in [-0.05, 0) is 25.5 Å². The van der Waals surface area contributed by atoms with Crippen molar-refractivity contribution in [3.05, 3.63) is 28.8 Å². The van der Waals surface area contributed by atoms with Crippen molar-refractivity contribution in [3.63, 3.8) is 0 Å². The number of nitrogens with two attached hydrogens (primary N) is 1. The molecule has 1 aromatic rings. The van der Waals surface area contributed by atoms with Crippen LogP contribution >= 0.6 is 0 Å². The van der Waals surface area contributed by atoms with Crippen molar-refractivity contribution in [2.45, 2.75) is 19.4 Å². The minimum Gasteiger partial charge on any atom is -0.507 e. The van der Waals surface area contributed by atoms with Crippen LogP contribution in [0.15, 0.2) is 12.1 Å². The van der Waals surface area contributed by atoms with E-state index < -0.39 is 11.5 Å². The van der Waals surface area contributed by atoms with Gasteiger partial charge in [-0.15, -0.1) is 0 Å². The molecule has 0 saturated carbocycles. The van der Waals surface area contributed by atoms with Gasteiger partial charge >= 0.3 is 5.97 Å². The molecule has 4 N–H and O–H groups in total. The smallest absolute Gasteiger partial charge is 0.341 e. The molecule has 1 rings (SSSR count). The van der Waals surface area contributed by atoms with Crippen molar-refractivity contribution in [1.82, 2.24) is 0 Å². The quantitative estimate of drug-likeness (QED) is 0.673. The lowest BCUT2D eigenvalue weighted by Crippen LogP contribution is -2.37. The van der Waals surface area contributed by atoms with E-state index in [1.165, 1.54) is 13.2 Å². The molecule has 0 aliphatic rings. The molecule has 1 aromatic carbocycles. The molecule has 0 fully saturated rings. The molecular formula is C12H17NO4. The van der Waals surface area contributed by atoms with E-state index in [4.69, 9.17) is 5.73 Å². The Labute approximate surface area is 99.8 Å². The molecule has 0 heterocycles. The zero-order valence-electron chi connectivity index (χ0n) is 10.2. The number of aromatic hydroxyl groups is 1. The van der Waals surface area contributed by atoms with Gasteiger partial charge in [0, 0.05) is 5.56 Å². The topological polar surface area (TPSA) is 92.8 Å². The zero-order chi connectivity index (χ0) is 13.2. The summed E-state index contributed by atoms with van der Waals surface area (Å²) >= 11 is 0. The summed E-state index contributed by atoms with van der Waals surface area (Å²) in [7, 11) is 1.23. The highest BCUT2D eigenvalue weighted by molar-refractivity contribution is 5.93. The molecule has 94 valence electrons. The van der Waals surface area contributed by atoms with Crippen LogP contribution in [0, 0.1) is 6.92 Å². The third kappa shape index (κ3) is 2.57. The number of aliphatic hydroxyl groups excluding tert-OH is 1. The maximum Gasteiger partial charge on any atom is 0.341 e. The number of phenolic OH excluding ortho intramolecular Hbond substituents is 1. The van der Waals surface area contributed by atoms with Gasteiger partial charge in [-0.3, -0.25) is 0 Å². The number of benzene rings is 1. The second-order valence-electron chi connectivity index (χ2n) is 4.28. The maximum absolute atomic E-state index is 11.5. The Balaban J connectivity index is 3.44. The molecule has 5 heteroatoms. The summed E-state index contributed by atoms with van der Waals surface area (Å²) < 4.78 is 4.57.